The summed E-state index contributed by atoms with van der Waals surface area (Å²) < 4.78 is 40.8. The average molecular weight is 512 g/mol. The van der Waals surface area contributed by atoms with Crippen LogP contribution in [0.25, 0.3) is 10.9 Å². The smallest absolute Gasteiger partial charge is 0.243 e. The number of amides is 2. The fourth-order valence-electron chi connectivity index (χ4n) is 4.76. The Balaban J connectivity index is 1.19. The van der Waals surface area contributed by atoms with Crippen LogP contribution in [-0.2, 0) is 26.0 Å². The zero-order valence-corrected chi connectivity index (χ0v) is 20.3. The summed E-state index contributed by atoms with van der Waals surface area (Å²) in [7, 11) is -3.76. The van der Waals surface area contributed by atoms with Crippen molar-refractivity contribution in [2.24, 2.45) is 11.7 Å². The summed E-state index contributed by atoms with van der Waals surface area (Å²) in [6.07, 6.45) is 1.62. The van der Waals surface area contributed by atoms with Crippen LogP contribution in [-0.4, -0.2) is 73.7 Å². The standard InChI is InChI=1S/C25H26FN5O4S/c26-19-4-5-21-22(14-19)28-7-6-23(21)29-8-10-30(11-9-29)25(33)18-15-31(16-18)36(34,35)20-3-1-2-17(12-20)13-24(27)32/h1-7,12,14,18H,8-11,13,15-16H2,(H2,27,32). The first-order valence-electron chi connectivity index (χ1n) is 11.7. The largest absolute Gasteiger partial charge is 0.369 e. The number of primary amides is 1. The minimum absolute atomic E-state index is 0.0391. The van der Waals surface area contributed by atoms with Crippen LogP contribution in [0.5, 0.6) is 0 Å². The summed E-state index contributed by atoms with van der Waals surface area (Å²) in [5.74, 6) is -1.31. The molecule has 2 aliphatic heterocycles. The van der Waals surface area contributed by atoms with E-state index < -0.39 is 15.9 Å². The van der Waals surface area contributed by atoms with Crippen LogP contribution in [0.3, 0.4) is 0 Å². The number of nitrogens with zero attached hydrogens (tertiary/aromatic N) is 4. The molecule has 5 rings (SSSR count). The lowest BCUT2D eigenvalue weighted by Crippen LogP contribution is -2.59. The van der Waals surface area contributed by atoms with Gasteiger partial charge in [-0.1, -0.05) is 12.1 Å². The van der Waals surface area contributed by atoms with Gasteiger partial charge < -0.3 is 15.5 Å². The predicted molar refractivity (Wildman–Crippen MR) is 132 cm³/mol. The van der Waals surface area contributed by atoms with Gasteiger partial charge in [-0.15, -0.1) is 0 Å². The van der Waals surface area contributed by atoms with Gasteiger partial charge in [0, 0.05) is 62.6 Å². The van der Waals surface area contributed by atoms with Crippen LogP contribution in [0.15, 0.2) is 59.6 Å². The van der Waals surface area contributed by atoms with Gasteiger partial charge in [0.1, 0.15) is 5.82 Å². The molecule has 0 unspecified atom stereocenters. The highest BCUT2D eigenvalue weighted by Gasteiger charge is 2.42. The Bertz CT molecular complexity index is 1430. The Morgan fingerprint density at radius 1 is 1.03 bits per heavy atom. The van der Waals surface area contributed by atoms with Gasteiger partial charge in [-0.05, 0) is 35.9 Å². The molecule has 0 bridgehead atoms. The van der Waals surface area contributed by atoms with Gasteiger partial charge in [0.15, 0.2) is 0 Å². The molecule has 0 atom stereocenters. The van der Waals surface area contributed by atoms with Crippen molar-refractivity contribution in [3.05, 3.63) is 66.1 Å². The van der Waals surface area contributed by atoms with Crippen molar-refractivity contribution < 1.29 is 22.4 Å². The normalized spacial score (nSPS) is 17.2. The topological polar surface area (TPSA) is 117 Å². The van der Waals surface area contributed by atoms with Crippen LogP contribution in [0.2, 0.25) is 0 Å². The minimum Gasteiger partial charge on any atom is -0.369 e. The van der Waals surface area contributed by atoms with Gasteiger partial charge in [0.25, 0.3) is 0 Å². The number of carbonyl (C=O) groups is 2. The van der Waals surface area contributed by atoms with Crippen molar-refractivity contribution in [2.75, 3.05) is 44.2 Å². The van der Waals surface area contributed by atoms with Gasteiger partial charge in [-0.25, -0.2) is 12.8 Å². The third-order valence-electron chi connectivity index (χ3n) is 6.73. The summed E-state index contributed by atoms with van der Waals surface area (Å²) in [5.41, 5.74) is 7.28. The second-order valence-electron chi connectivity index (χ2n) is 9.11. The molecule has 2 aliphatic rings. The molecule has 3 aromatic rings. The van der Waals surface area contributed by atoms with Crippen LogP contribution in [0, 0.1) is 11.7 Å². The van der Waals surface area contributed by atoms with E-state index in [1.54, 1.807) is 29.3 Å². The number of sulfonamides is 1. The monoisotopic (exact) mass is 511 g/mol. The SMILES string of the molecule is NC(=O)Cc1cccc(S(=O)(=O)N2CC(C(=O)N3CCN(c4ccnc5cc(F)ccc45)CC3)C2)c1. The van der Waals surface area contributed by atoms with Crippen LogP contribution in [0.4, 0.5) is 10.1 Å². The maximum atomic E-state index is 13.6. The molecule has 1 aromatic heterocycles. The third-order valence-corrected chi connectivity index (χ3v) is 8.55. The summed E-state index contributed by atoms with van der Waals surface area (Å²) in [5, 5.41) is 0.860. The van der Waals surface area contributed by atoms with Gasteiger partial charge in [0.2, 0.25) is 21.8 Å². The number of hydrogen-bond donors (Lipinski definition) is 1. The van der Waals surface area contributed by atoms with Gasteiger partial charge in [0.05, 0.1) is 22.8 Å². The number of benzene rings is 2. The molecule has 2 N–H and O–H groups in total. The third kappa shape index (κ3) is 4.63. The first-order chi connectivity index (χ1) is 17.2. The number of aromatic nitrogens is 1. The highest BCUT2D eigenvalue weighted by Crippen LogP contribution is 2.29. The average Bonchev–Trinajstić information content (AvgIpc) is 2.82. The minimum atomic E-state index is -3.76. The van der Waals surface area contributed by atoms with Crippen molar-refractivity contribution in [3.8, 4) is 0 Å². The maximum absolute atomic E-state index is 13.6. The van der Waals surface area contributed by atoms with E-state index in [0.29, 0.717) is 37.3 Å². The lowest BCUT2D eigenvalue weighted by molar-refractivity contribution is -0.139. The molecule has 0 aliphatic carbocycles. The molecule has 3 heterocycles. The predicted octanol–water partition coefficient (Wildman–Crippen LogP) is 1.37. The summed E-state index contributed by atoms with van der Waals surface area (Å²) in [6.45, 7) is 2.52. The Morgan fingerprint density at radius 3 is 2.50 bits per heavy atom. The Kier molecular flexibility index (Phi) is 6.35. The van der Waals surface area contributed by atoms with Crippen molar-refractivity contribution in [1.82, 2.24) is 14.2 Å². The van der Waals surface area contributed by atoms with Crippen molar-refractivity contribution in [3.63, 3.8) is 0 Å². The number of pyridine rings is 1. The fourth-order valence-corrected chi connectivity index (χ4v) is 6.37. The van der Waals surface area contributed by atoms with E-state index in [1.807, 2.05) is 6.07 Å². The number of fused-ring (bicyclic) bond motifs is 1. The molecule has 2 amide bonds. The highest BCUT2D eigenvalue weighted by molar-refractivity contribution is 7.89. The van der Waals surface area contributed by atoms with E-state index in [2.05, 4.69) is 9.88 Å². The first kappa shape index (κ1) is 24.1. The number of anilines is 1. The number of nitrogens with two attached hydrogens (primary N) is 1. The number of hydrogen-bond acceptors (Lipinski definition) is 6. The molecule has 2 fully saturated rings. The van der Waals surface area contributed by atoms with Crippen molar-refractivity contribution in [1.29, 1.82) is 0 Å². The van der Waals surface area contributed by atoms with E-state index in [4.69, 9.17) is 5.73 Å². The van der Waals surface area contributed by atoms with Gasteiger partial charge >= 0.3 is 0 Å². The second kappa shape index (κ2) is 9.47. The fraction of sp³-hybridized carbons (Fsp3) is 0.320. The Labute approximate surface area is 208 Å². The van der Waals surface area contributed by atoms with Gasteiger partial charge in [-0.2, -0.15) is 4.31 Å². The highest BCUT2D eigenvalue weighted by atomic mass is 32.2. The number of carbonyl (C=O) groups excluding carboxylic acids is 2. The molecule has 0 radical (unpaired) electrons. The molecule has 188 valence electrons. The van der Waals surface area contributed by atoms with Crippen molar-refractivity contribution >= 4 is 38.4 Å². The quantitative estimate of drug-likeness (QED) is 0.534. The molecule has 9 nitrogen and oxygen atoms in total. The number of piperazine rings is 1. The lowest BCUT2D eigenvalue weighted by atomic mass is 10.0. The molecule has 36 heavy (non-hydrogen) atoms. The lowest BCUT2D eigenvalue weighted by Gasteiger charge is -2.42. The molecule has 11 heteroatoms. The Morgan fingerprint density at radius 2 is 1.78 bits per heavy atom. The molecule has 0 spiro atoms. The van der Waals surface area contributed by atoms with Crippen molar-refractivity contribution in [2.45, 2.75) is 11.3 Å². The Hall–Kier alpha value is -3.57. The molecular weight excluding hydrogens is 485 g/mol. The van der Waals surface area contributed by atoms with Crippen LogP contribution in [0.1, 0.15) is 5.56 Å². The van der Waals surface area contributed by atoms with E-state index in [-0.39, 0.29) is 42.0 Å². The maximum Gasteiger partial charge on any atom is 0.243 e. The number of halogens is 1. The molecular formula is C25H26FN5O4S. The van der Waals surface area contributed by atoms with E-state index in [9.17, 15) is 22.4 Å². The molecule has 0 saturated carbocycles. The van der Waals surface area contributed by atoms with E-state index in [1.165, 1.54) is 28.6 Å². The zero-order chi connectivity index (χ0) is 25.4. The zero-order valence-electron chi connectivity index (χ0n) is 19.5. The van der Waals surface area contributed by atoms with E-state index >= 15 is 0 Å². The van der Waals surface area contributed by atoms with Gasteiger partial charge in [-0.3, -0.25) is 14.6 Å². The van der Waals surface area contributed by atoms with E-state index in [0.717, 1.165) is 11.1 Å². The van der Waals surface area contributed by atoms with Crippen LogP contribution < -0.4 is 10.6 Å². The second-order valence-corrected chi connectivity index (χ2v) is 11.1. The number of rotatable bonds is 6. The van der Waals surface area contributed by atoms with Crippen LogP contribution >= 0.6 is 0 Å². The summed E-state index contributed by atoms with van der Waals surface area (Å²) >= 11 is 0. The first-order valence-corrected chi connectivity index (χ1v) is 13.1. The molecule has 2 saturated heterocycles. The summed E-state index contributed by atoms with van der Waals surface area (Å²) in [4.78, 5) is 32.5. The summed E-state index contributed by atoms with van der Waals surface area (Å²) in [6, 6.07) is 12.6. The molecule has 2 aromatic carbocycles.